The number of nitrogens with one attached hydrogen (secondary N) is 2. The molecule has 47 heavy (non-hydrogen) atoms. The number of likely N-dealkylation sites (tertiary alicyclic amines) is 1. The Hall–Kier alpha value is -4.54. The minimum absolute atomic E-state index is 0.136. The van der Waals surface area contributed by atoms with E-state index in [1.165, 1.54) is 12.0 Å². The van der Waals surface area contributed by atoms with Gasteiger partial charge in [0.15, 0.2) is 12.0 Å². The molecule has 10 heteroatoms. The Kier molecular flexibility index (Phi) is 7.88. The van der Waals surface area contributed by atoms with Crippen LogP contribution in [0.15, 0.2) is 88.9 Å². The first-order valence-electron chi connectivity index (χ1n) is 16.6. The predicted octanol–water partition coefficient (Wildman–Crippen LogP) is 6.87. The lowest BCUT2D eigenvalue weighted by Crippen LogP contribution is -2.54. The number of nitrogens with zero attached hydrogens (tertiary/aromatic N) is 6. The molecule has 0 spiro atoms. The molecule has 244 valence electrons. The molecular weight excluding hydrogens is 588 g/mol. The van der Waals surface area contributed by atoms with Crippen LogP contribution in [0.5, 0.6) is 0 Å². The fraction of sp³-hybridized carbons (Fsp3) is 0.405. The number of amidine groups is 2. The number of carbonyl (C=O) groups is 1. The topological polar surface area (TPSA) is 96.1 Å². The van der Waals surface area contributed by atoms with E-state index in [9.17, 15) is 4.79 Å². The third-order valence-corrected chi connectivity index (χ3v) is 9.82. The maximum absolute atomic E-state index is 13.5. The first-order valence-corrected chi connectivity index (χ1v) is 16.6. The summed E-state index contributed by atoms with van der Waals surface area (Å²) >= 11 is 0. The van der Waals surface area contributed by atoms with Crippen LogP contribution in [0, 0.1) is 6.92 Å². The molecule has 0 bridgehead atoms. The zero-order valence-corrected chi connectivity index (χ0v) is 28.2. The first kappa shape index (κ1) is 31.1. The summed E-state index contributed by atoms with van der Waals surface area (Å²) in [4.78, 5) is 15.9. The Balaban J connectivity index is 1.08. The SMILES string of the molecule is Cc1ccc(-n2nc(C(C)(C)C)cc2NC(=O)N[C@H]2CC[C@@H](OC3=C[N+]4(C)C(=NN=C4[C@@H]4CCCN4C)C=C3)c3ccccc32)cc1. The van der Waals surface area contributed by atoms with Crippen LogP contribution in [0.2, 0.25) is 0 Å². The van der Waals surface area contributed by atoms with E-state index in [0.29, 0.717) is 10.3 Å². The molecule has 1 fully saturated rings. The molecule has 2 N–H and O–H groups in total. The number of urea groups is 1. The van der Waals surface area contributed by atoms with E-state index in [0.717, 1.165) is 65.7 Å². The van der Waals surface area contributed by atoms with Crippen molar-refractivity contribution in [2.75, 3.05) is 26.0 Å². The highest BCUT2D eigenvalue weighted by atomic mass is 16.5. The number of allylic oxidation sites excluding steroid dienone is 1. The van der Waals surface area contributed by atoms with Gasteiger partial charge in [-0.3, -0.25) is 10.2 Å². The summed E-state index contributed by atoms with van der Waals surface area (Å²) < 4.78 is 8.97. The lowest BCUT2D eigenvalue weighted by molar-refractivity contribution is -0.664. The van der Waals surface area contributed by atoms with Crippen LogP contribution in [0.25, 0.3) is 5.69 Å². The minimum atomic E-state index is -0.266. The molecule has 1 saturated heterocycles. The molecule has 1 aliphatic carbocycles. The number of likely N-dealkylation sites (N-methyl/N-ethyl adjacent to an activating group) is 2. The Labute approximate surface area is 277 Å². The molecule has 4 heterocycles. The zero-order chi connectivity index (χ0) is 32.9. The van der Waals surface area contributed by atoms with Gasteiger partial charge in [-0.1, -0.05) is 72.9 Å². The molecule has 1 aromatic heterocycles. The van der Waals surface area contributed by atoms with Crippen molar-refractivity contribution in [3.63, 3.8) is 0 Å². The maximum Gasteiger partial charge on any atom is 0.320 e. The Morgan fingerprint density at radius 3 is 2.49 bits per heavy atom. The van der Waals surface area contributed by atoms with Gasteiger partial charge in [0.05, 0.1) is 24.5 Å². The second-order valence-electron chi connectivity index (χ2n) is 14.4. The Morgan fingerprint density at radius 1 is 1.00 bits per heavy atom. The van der Waals surface area contributed by atoms with Gasteiger partial charge in [0, 0.05) is 17.6 Å². The van der Waals surface area contributed by atoms with Gasteiger partial charge in [-0.25, -0.2) is 9.48 Å². The molecule has 0 radical (unpaired) electrons. The smallest absolute Gasteiger partial charge is 0.320 e. The van der Waals surface area contributed by atoms with Gasteiger partial charge >= 0.3 is 6.03 Å². The molecule has 2 aromatic carbocycles. The van der Waals surface area contributed by atoms with E-state index in [4.69, 9.17) is 9.84 Å². The van der Waals surface area contributed by atoms with Crippen molar-refractivity contribution in [3.05, 3.63) is 101 Å². The van der Waals surface area contributed by atoms with Gasteiger partial charge in [-0.15, -0.1) is 0 Å². The van der Waals surface area contributed by atoms with E-state index < -0.39 is 0 Å². The quantitative estimate of drug-likeness (QED) is 0.290. The summed E-state index contributed by atoms with van der Waals surface area (Å²) in [5.41, 5.74) is 4.95. The van der Waals surface area contributed by atoms with Crippen molar-refractivity contribution in [2.24, 2.45) is 10.2 Å². The van der Waals surface area contributed by atoms with Crippen molar-refractivity contribution in [1.82, 2.24) is 20.0 Å². The number of carbonyl (C=O) groups excluding carboxylic acids is 1. The number of rotatable bonds is 6. The van der Waals surface area contributed by atoms with Crippen molar-refractivity contribution in [2.45, 2.75) is 77.0 Å². The minimum Gasteiger partial charge on any atom is -0.480 e. The highest BCUT2D eigenvalue weighted by Crippen LogP contribution is 2.40. The fourth-order valence-electron chi connectivity index (χ4n) is 7.08. The van der Waals surface area contributed by atoms with Gasteiger partial charge in [0.2, 0.25) is 0 Å². The number of benzene rings is 2. The highest BCUT2D eigenvalue weighted by molar-refractivity contribution is 6.03. The normalized spacial score (nSPS) is 25.4. The largest absolute Gasteiger partial charge is 0.480 e. The van der Waals surface area contributed by atoms with Gasteiger partial charge in [-0.05, 0) is 75.5 Å². The van der Waals surface area contributed by atoms with E-state index >= 15 is 0 Å². The Bertz CT molecular complexity index is 1810. The summed E-state index contributed by atoms with van der Waals surface area (Å²) in [7, 11) is 4.31. The summed E-state index contributed by atoms with van der Waals surface area (Å²) in [6, 6.07) is 18.2. The predicted molar refractivity (Wildman–Crippen MR) is 185 cm³/mol. The number of quaternary nitrogens is 1. The van der Waals surface area contributed by atoms with E-state index in [1.54, 1.807) is 0 Å². The number of ether oxygens (including phenoxy) is 1. The van der Waals surface area contributed by atoms with Gasteiger partial charge in [0.25, 0.3) is 11.7 Å². The summed E-state index contributed by atoms with van der Waals surface area (Å²) in [6.07, 6.45) is 9.79. The fourth-order valence-corrected chi connectivity index (χ4v) is 7.08. The molecule has 1 unspecified atom stereocenters. The van der Waals surface area contributed by atoms with Crippen molar-refractivity contribution in [3.8, 4) is 5.69 Å². The second kappa shape index (κ2) is 11.9. The van der Waals surface area contributed by atoms with Gasteiger partial charge < -0.3 is 10.1 Å². The number of aromatic nitrogens is 2. The van der Waals surface area contributed by atoms with Gasteiger partial charge in [0.1, 0.15) is 18.0 Å². The van der Waals surface area contributed by atoms with Crippen LogP contribution in [0.4, 0.5) is 10.6 Å². The number of anilines is 1. The van der Waals surface area contributed by atoms with E-state index in [1.807, 2.05) is 47.2 Å². The van der Waals surface area contributed by atoms with Gasteiger partial charge in [-0.2, -0.15) is 9.58 Å². The third kappa shape index (κ3) is 5.92. The average Bonchev–Trinajstić information content (AvgIpc) is 3.74. The summed E-state index contributed by atoms with van der Waals surface area (Å²) in [5.74, 6) is 3.39. The molecule has 3 aliphatic heterocycles. The molecule has 4 aliphatic rings. The second-order valence-corrected chi connectivity index (χ2v) is 14.4. The highest BCUT2D eigenvalue weighted by Gasteiger charge is 2.47. The average molecular weight is 634 g/mol. The maximum atomic E-state index is 13.5. The van der Waals surface area contributed by atoms with Crippen LogP contribution < -0.4 is 10.6 Å². The zero-order valence-electron chi connectivity index (χ0n) is 28.2. The lowest BCUT2D eigenvalue weighted by Gasteiger charge is -2.35. The molecule has 7 rings (SSSR count). The third-order valence-electron chi connectivity index (χ3n) is 9.82. The molecule has 10 nitrogen and oxygen atoms in total. The molecule has 3 aromatic rings. The molecule has 4 atom stereocenters. The van der Waals surface area contributed by atoms with Crippen molar-refractivity contribution in [1.29, 1.82) is 0 Å². The number of hydrogen-bond donors (Lipinski definition) is 2. The molecular formula is C37H45N8O2+. The number of amides is 2. The number of hydrogen-bond acceptors (Lipinski definition) is 6. The molecule has 2 amide bonds. The standard InChI is InChI=1S/C37H44N8O2/c1-24-13-15-25(16-14-24)44-33(22-32(42-44)37(2,3)4)39-36(46)38-29-18-19-31(28-11-8-7-10-27(28)29)47-26-17-20-34-40-41-35(45(34,6)23-26)30-12-9-21-43(30)5/h7-8,10-11,13-17,20,22-23,29-31H,9,12,18-19,21H2,1-6H3,(H-,38,39,42,46)/p+1/t29-,30-,31+,45?/m0/s1. The van der Waals surface area contributed by atoms with E-state index in [2.05, 4.69) is 98.0 Å². The van der Waals surface area contributed by atoms with Crippen LogP contribution in [-0.2, 0) is 10.2 Å². The van der Waals surface area contributed by atoms with Crippen LogP contribution >= 0.6 is 0 Å². The molecule has 0 saturated carbocycles. The van der Waals surface area contributed by atoms with Crippen molar-refractivity contribution >= 4 is 23.5 Å². The Morgan fingerprint density at radius 2 is 1.77 bits per heavy atom. The van der Waals surface area contributed by atoms with E-state index in [-0.39, 0.29) is 29.6 Å². The van der Waals surface area contributed by atoms with Crippen LogP contribution in [0.3, 0.4) is 0 Å². The van der Waals surface area contributed by atoms with Crippen molar-refractivity contribution < 1.29 is 14.0 Å². The number of aryl methyl sites for hydroxylation is 1. The summed E-state index contributed by atoms with van der Waals surface area (Å²) in [6.45, 7) is 9.49. The monoisotopic (exact) mass is 633 g/mol. The van der Waals surface area contributed by atoms with Crippen LogP contribution in [0.1, 0.15) is 81.0 Å². The summed E-state index contributed by atoms with van der Waals surface area (Å²) in [5, 5.41) is 20.4. The van der Waals surface area contributed by atoms with Crippen LogP contribution in [-0.4, -0.2) is 63.5 Å². The lowest BCUT2D eigenvalue weighted by atomic mass is 9.85. The first-order chi connectivity index (χ1) is 22.5. The number of fused-ring (bicyclic) bond motifs is 2.